The van der Waals surface area contributed by atoms with Crippen molar-refractivity contribution in [3.63, 3.8) is 0 Å². The fourth-order valence-corrected chi connectivity index (χ4v) is 3.83. The van der Waals surface area contributed by atoms with Crippen LogP contribution in [0, 0.1) is 5.92 Å². The molecular formula is C18H27NO. The Bertz CT molecular complexity index is 407. The lowest BCUT2D eigenvalue weighted by molar-refractivity contribution is 0.0326. The van der Waals surface area contributed by atoms with Crippen LogP contribution in [0.4, 0.5) is 0 Å². The number of hydrogen-bond donors (Lipinski definition) is 1. The second kappa shape index (κ2) is 6.28. The van der Waals surface area contributed by atoms with E-state index in [1.165, 1.54) is 37.7 Å². The molecule has 1 aromatic carbocycles. The zero-order chi connectivity index (χ0) is 13.8. The molecule has 1 aliphatic carbocycles. The van der Waals surface area contributed by atoms with Gasteiger partial charge in [0.25, 0.3) is 0 Å². The second-order valence-corrected chi connectivity index (χ2v) is 6.43. The number of nitrogens with one attached hydrogen (secondary N) is 1. The molecule has 1 heterocycles. The van der Waals surface area contributed by atoms with Gasteiger partial charge in [-0.2, -0.15) is 0 Å². The first-order chi connectivity index (χ1) is 9.87. The highest BCUT2D eigenvalue weighted by atomic mass is 16.5. The second-order valence-electron chi connectivity index (χ2n) is 6.43. The minimum Gasteiger partial charge on any atom is -0.381 e. The maximum absolute atomic E-state index is 5.76. The van der Waals surface area contributed by atoms with Gasteiger partial charge < -0.3 is 10.1 Å². The first-order valence-corrected chi connectivity index (χ1v) is 8.23. The molecule has 1 N–H and O–H groups in total. The van der Waals surface area contributed by atoms with Gasteiger partial charge in [0.2, 0.25) is 0 Å². The van der Waals surface area contributed by atoms with Gasteiger partial charge in [0.15, 0.2) is 0 Å². The molecule has 110 valence electrons. The van der Waals surface area contributed by atoms with Gasteiger partial charge in [-0.25, -0.2) is 0 Å². The van der Waals surface area contributed by atoms with Crippen molar-refractivity contribution in [2.75, 3.05) is 19.8 Å². The fourth-order valence-electron chi connectivity index (χ4n) is 3.83. The molecule has 3 rings (SSSR count). The lowest BCUT2D eigenvalue weighted by atomic mass is 9.78. The molecule has 0 bridgehead atoms. The summed E-state index contributed by atoms with van der Waals surface area (Å²) in [7, 11) is 0. The molecule has 2 heteroatoms. The Morgan fingerprint density at radius 3 is 2.70 bits per heavy atom. The van der Waals surface area contributed by atoms with Crippen molar-refractivity contribution in [2.45, 2.75) is 50.5 Å². The normalized spacial score (nSPS) is 26.1. The van der Waals surface area contributed by atoms with Gasteiger partial charge >= 0.3 is 0 Å². The highest BCUT2D eigenvalue weighted by molar-refractivity contribution is 5.34. The van der Waals surface area contributed by atoms with Gasteiger partial charge in [-0.1, -0.05) is 37.3 Å². The zero-order valence-corrected chi connectivity index (χ0v) is 12.6. The van der Waals surface area contributed by atoms with E-state index < -0.39 is 0 Å². The minimum atomic E-state index is 0.377. The fraction of sp³-hybridized carbons (Fsp3) is 0.667. The van der Waals surface area contributed by atoms with E-state index in [0.29, 0.717) is 17.4 Å². The number of ether oxygens (including phenoxy) is 1. The molecule has 1 aromatic rings. The summed E-state index contributed by atoms with van der Waals surface area (Å²) in [5, 5.41) is 3.86. The van der Waals surface area contributed by atoms with Crippen molar-refractivity contribution in [1.82, 2.24) is 5.32 Å². The van der Waals surface area contributed by atoms with Gasteiger partial charge in [-0.05, 0) is 50.1 Å². The summed E-state index contributed by atoms with van der Waals surface area (Å²) in [5.74, 6) is 0.679. The third kappa shape index (κ3) is 2.77. The maximum atomic E-state index is 5.76. The summed E-state index contributed by atoms with van der Waals surface area (Å²) in [4.78, 5) is 0. The molecule has 0 aromatic heterocycles. The number of hydrogen-bond acceptors (Lipinski definition) is 2. The SMILES string of the molecule is CCCNC(C1CCCOC1)C1(c2ccccc2)CC1. The van der Waals surface area contributed by atoms with E-state index in [4.69, 9.17) is 4.74 Å². The van der Waals surface area contributed by atoms with Gasteiger partial charge in [-0.3, -0.25) is 0 Å². The quantitative estimate of drug-likeness (QED) is 0.856. The summed E-state index contributed by atoms with van der Waals surface area (Å²) >= 11 is 0. The standard InChI is InChI=1S/C18H27NO/c1-2-12-19-17(15-7-6-13-20-14-15)18(10-11-18)16-8-4-3-5-9-16/h3-5,8-9,15,17,19H,2,6-7,10-14H2,1H3. The van der Waals surface area contributed by atoms with Crippen molar-refractivity contribution < 1.29 is 4.74 Å². The van der Waals surface area contributed by atoms with Gasteiger partial charge in [-0.15, -0.1) is 0 Å². The van der Waals surface area contributed by atoms with E-state index in [1.54, 1.807) is 0 Å². The van der Waals surface area contributed by atoms with Crippen LogP contribution in [0.15, 0.2) is 30.3 Å². The molecule has 2 atom stereocenters. The maximum Gasteiger partial charge on any atom is 0.0509 e. The molecule has 1 saturated carbocycles. The average molecular weight is 273 g/mol. The lowest BCUT2D eigenvalue weighted by Gasteiger charge is -2.37. The summed E-state index contributed by atoms with van der Waals surface area (Å²) in [6.07, 6.45) is 6.40. The van der Waals surface area contributed by atoms with Gasteiger partial charge in [0.1, 0.15) is 0 Å². The molecule has 0 spiro atoms. The highest BCUT2D eigenvalue weighted by Crippen LogP contribution is 2.53. The smallest absolute Gasteiger partial charge is 0.0509 e. The Morgan fingerprint density at radius 2 is 2.10 bits per heavy atom. The van der Waals surface area contributed by atoms with Crippen molar-refractivity contribution in [3.05, 3.63) is 35.9 Å². The van der Waals surface area contributed by atoms with Gasteiger partial charge in [0.05, 0.1) is 6.61 Å². The molecule has 1 aliphatic heterocycles. The van der Waals surface area contributed by atoms with Crippen LogP contribution in [0.2, 0.25) is 0 Å². The van der Waals surface area contributed by atoms with Crippen molar-refractivity contribution in [1.29, 1.82) is 0 Å². The lowest BCUT2D eigenvalue weighted by Crippen LogP contribution is -2.48. The van der Waals surface area contributed by atoms with Crippen molar-refractivity contribution in [3.8, 4) is 0 Å². The molecule has 20 heavy (non-hydrogen) atoms. The number of benzene rings is 1. The van der Waals surface area contributed by atoms with Crippen molar-refractivity contribution >= 4 is 0 Å². The third-order valence-corrected chi connectivity index (χ3v) is 5.01. The largest absolute Gasteiger partial charge is 0.381 e. The Morgan fingerprint density at radius 1 is 1.30 bits per heavy atom. The van der Waals surface area contributed by atoms with Crippen LogP contribution in [-0.4, -0.2) is 25.8 Å². The Kier molecular flexibility index (Phi) is 4.42. The van der Waals surface area contributed by atoms with E-state index >= 15 is 0 Å². The van der Waals surface area contributed by atoms with Crippen LogP contribution in [0.3, 0.4) is 0 Å². The van der Waals surface area contributed by atoms with Crippen LogP contribution < -0.4 is 5.32 Å². The predicted octanol–water partition coefficient (Wildman–Crippen LogP) is 3.51. The summed E-state index contributed by atoms with van der Waals surface area (Å²) in [6, 6.07) is 11.7. The van der Waals surface area contributed by atoms with E-state index in [0.717, 1.165) is 19.8 Å². The summed E-state index contributed by atoms with van der Waals surface area (Å²) in [6.45, 7) is 5.27. The molecule has 1 saturated heterocycles. The van der Waals surface area contributed by atoms with Crippen LogP contribution in [-0.2, 0) is 10.2 Å². The Labute approximate surface area is 122 Å². The Hall–Kier alpha value is -0.860. The minimum absolute atomic E-state index is 0.377. The average Bonchev–Trinajstić information content (AvgIpc) is 3.31. The van der Waals surface area contributed by atoms with Crippen LogP contribution in [0.1, 0.15) is 44.6 Å². The predicted molar refractivity (Wildman–Crippen MR) is 83.0 cm³/mol. The molecule has 0 radical (unpaired) electrons. The van der Waals surface area contributed by atoms with Crippen LogP contribution in [0.25, 0.3) is 0 Å². The van der Waals surface area contributed by atoms with E-state index in [1.807, 2.05) is 0 Å². The first-order valence-electron chi connectivity index (χ1n) is 8.23. The molecule has 2 unspecified atom stereocenters. The monoisotopic (exact) mass is 273 g/mol. The van der Waals surface area contributed by atoms with Crippen LogP contribution >= 0.6 is 0 Å². The molecule has 2 nitrogen and oxygen atoms in total. The van der Waals surface area contributed by atoms with Crippen LogP contribution in [0.5, 0.6) is 0 Å². The van der Waals surface area contributed by atoms with E-state index in [-0.39, 0.29) is 0 Å². The van der Waals surface area contributed by atoms with E-state index in [9.17, 15) is 0 Å². The zero-order valence-electron chi connectivity index (χ0n) is 12.6. The molecule has 2 fully saturated rings. The molecular weight excluding hydrogens is 246 g/mol. The Balaban J connectivity index is 1.81. The van der Waals surface area contributed by atoms with E-state index in [2.05, 4.69) is 42.6 Å². The van der Waals surface area contributed by atoms with Gasteiger partial charge in [0, 0.05) is 18.1 Å². The molecule has 2 aliphatic rings. The summed E-state index contributed by atoms with van der Waals surface area (Å²) in [5.41, 5.74) is 1.90. The summed E-state index contributed by atoms with van der Waals surface area (Å²) < 4.78 is 5.76. The van der Waals surface area contributed by atoms with Crippen molar-refractivity contribution in [2.24, 2.45) is 5.92 Å². The molecule has 0 amide bonds. The number of rotatable bonds is 6. The highest BCUT2D eigenvalue weighted by Gasteiger charge is 2.52. The third-order valence-electron chi connectivity index (χ3n) is 5.01. The first kappa shape index (κ1) is 14.1. The topological polar surface area (TPSA) is 21.3 Å².